The molecule has 90 valence electrons. The van der Waals surface area contributed by atoms with Gasteiger partial charge >= 0.3 is 0 Å². The van der Waals surface area contributed by atoms with Gasteiger partial charge in [-0.3, -0.25) is 0 Å². The average molecular weight is 289 g/mol. The molecule has 0 bridgehead atoms. The predicted octanol–water partition coefficient (Wildman–Crippen LogP) is 3.01. The van der Waals surface area contributed by atoms with E-state index in [1.165, 1.54) is 6.07 Å². The van der Waals surface area contributed by atoms with Crippen molar-refractivity contribution in [3.8, 4) is 0 Å². The van der Waals surface area contributed by atoms with Gasteiger partial charge in [-0.15, -0.1) is 0 Å². The van der Waals surface area contributed by atoms with Crippen LogP contribution in [0.2, 0.25) is 0 Å². The lowest BCUT2D eigenvalue weighted by Crippen LogP contribution is -2.30. The molecule has 0 saturated carbocycles. The molecule has 0 amide bonds. The molecule has 0 heterocycles. The lowest BCUT2D eigenvalue weighted by atomic mass is 10.1. The lowest BCUT2D eigenvalue weighted by molar-refractivity contribution is 0.515. The molecule has 0 aliphatic heterocycles. The summed E-state index contributed by atoms with van der Waals surface area (Å²) in [6.07, 6.45) is 1.01. The standard InChI is InChI=1S/C12H18BrFN2/c1-3-9(7-15)8-16(2)12-6-10(13)4-5-11(12)14/h4-6,9H,3,7-8,15H2,1-2H3. The number of anilines is 1. The van der Waals surface area contributed by atoms with Crippen LogP contribution < -0.4 is 10.6 Å². The highest BCUT2D eigenvalue weighted by Crippen LogP contribution is 2.23. The van der Waals surface area contributed by atoms with E-state index in [1.54, 1.807) is 12.1 Å². The Balaban J connectivity index is 2.79. The fraction of sp³-hybridized carbons (Fsp3) is 0.500. The Bertz CT molecular complexity index is 340. The quantitative estimate of drug-likeness (QED) is 0.903. The molecule has 1 aromatic rings. The largest absolute Gasteiger partial charge is 0.372 e. The minimum Gasteiger partial charge on any atom is -0.372 e. The normalized spacial score (nSPS) is 12.6. The number of nitrogens with zero attached hydrogens (tertiary/aromatic N) is 1. The first-order valence-electron chi connectivity index (χ1n) is 5.44. The Labute approximate surface area is 105 Å². The maximum atomic E-state index is 13.6. The monoisotopic (exact) mass is 288 g/mol. The minimum absolute atomic E-state index is 0.197. The minimum atomic E-state index is -0.197. The van der Waals surface area contributed by atoms with E-state index in [1.807, 2.05) is 11.9 Å². The Morgan fingerprint density at radius 2 is 2.19 bits per heavy atom. The maximum Gasteiger partial charge on any atom is 0.146 e. The highest BCUT2D eigenvalue weighted by molar-refractivity contribution is 9.10. The molecule has 0 fully saturated rings. The molecule has 16 heavy (non-hydrogen) atoms. The number of hydrogen-bond acceptors (Lipinski definition) is 2. The zero-order valence-electron chi connectivity index (χ0n) is 9.71. The van der Waals surface area contributed by atoms with Crippen LogP contribution >= 0.6 is 15.9 Å². The van der Waals surface area contributed by atoms with Crippen molar-refractivity contribution in [3.63, 3.8) is 0 Å². The van der Waals surface area contributed by atoms with Crippen molar-refractivity contribution < 1.29 is 4.39 Å². The molecule has 2 N–H and O–H groups in total. The van der Waals surface area contributed by atoms with Gasteiger partial charge in [-0.1, -0.05) is 29.3 Å². The molecule has 0 spiro atoms. The van der Waals surface area contributed by atoms with Gasteiger partial charge in [-0.2, -0.15) is 0 Å². The fourth-order valence-corrected chi connectivity index (χ4v) is 1.98. The van der Waals surface area contributed by atoms with Crippen LogP contribution in [0.5, 0.6) is 0 Å². The molecule has 1 aromatic carbocycles. The lowest BCUT2D eigenvalue weighted by Gasteiger charge is -2.24. The van der Waals surface area contributed by atoms with Crippen LogP contribution in [0.4, 0.5) is 10.1 Å². The van der Waals surface area contributed by atoms with Gasteiger partial charge in [0.15, 0.2) is 0 Å². The van der Waals surface area contributed by atoms with Gasteiger partial charge in [0.2, 0.25) is 0 Å². The van der Waals surface area contributed by atoms with Crippen LogP contribution in [0, 0.1) is 11.7 Å². The van der Waals surface area contributed by atoms with E-state index in [0.29, 0.717) is 18.2 Å². The van der Waals surface area contributed by atoms with Crippen molar-refractivity contribution in [3.05, 3.63) is 28.5 Å². The molecular formula is C12H18BrFN2. The van der Waals surface area contributed by atoms with Crippen LogP contribution in [0.3, 0.4) is 0 Å². The van der Waals surface area contributed by atoms with Gasteiger partial charge in [0.05, 0.1) is 5.69 Å². The van der Waals surface area contributed by atoms with Crippen LogP contribution in [-0.4, -0.2) is 20.1 Å². The van der Waals surface area contributed by atoms with E-state index in [0.717, 1.165) is 17.4 Å². The van der Waals surface area contributed by atoms with Gasteiger partial charge in [0, 0.05) is 18.1 Å². The van der Waals surface area contributed by atoms with E-state index >= 15 is 0 Å². The number of hydrogen-bond donors (Lipinski definition) is 1. The molecule has 1 atom stereocenters. The van der Waals surface area contributed by atoms with Gasteiger partial charge in [0.25, 0.3) is 0 Å². The summed E-state index contributed by atoms with van der Waals surface area (Å²) in [5.41, 5.74) is 6.26. The van der Waals surface area contributed by atoms with Crippen molar-refractivity contribution in [2.45, 2.75) is 13.3 Å². The first kappa shape index (κ1) is 13.5. The third-order valence-electron chi connectivity index (χ3n) is 2.76. The maximum absolute atomic E-state index is 13.6. The summed E-state index contributed by atoms with van der Waals surface area (Å²) in [4.78, 5) is 1.92. The molecule has 0 aromatic heterocycles. The number of rotatable bonds is 5. The van der Waals surface area contributed by atoms with Crippen LogP contribution in [0.25, 0.3) is 0 Å². The van der Waals surface area contributed by atoms with E-state index in [-0.39, 0.29) is 5.82 Å². The molecule has 4 heteroatoms. The average Bonchev–Trinajstić information content (AvgIpc) is 2.28. The van der Waals surface area contributed by atoms with Crippen LogP contribution in [-0.2, 0) is 0 Å². The van der Waals surface area contributed by atoms with E-state index < -0.39 is 0 Å². The predicted molar refractivity (Wildman–Crippen MR) is 70.2 cm³/mol. The third kappa shape index (κ3) is 3.46. The number of benzene rings is 1. The molecule has 0 saturated heterocycles. The van der Waals surface area contributed by atoms with E-state index in [4.69, 9.17) is 5.73 Å². The first-order chi connectivity index (χ1) is 7.58. The fourth-order valence-electron chi connectivity index (χ4n) is 1.63. The summed E-state index contributed by atoms with van der Waals surface area (Å²) in [5, 5.41) is 0. The molecule has 1 rings (SSSR count). The zero-order valence-corrected chi connectivity index (χ0v) is 11.3. The van der Waals surface area contributed by atoms with Gasteiger partial charge < -0.3 is 10.6 Å². The molecule has 1 unspecified atom stereocenters. The van der Waals surface area contributed by atoms with Crippen molar-refractivity contribution >= 4 is 21.6 Å². The van der Waals surface area contributed by atoms with Gasteiger partial charge in [0.1, 0.15) is 5.82 Å². The van der Waals surface area contributed by atoms with Crippen molar-refractivity contribution in [2.24, 2.45) is 11.7 Å². The van der Waals surface area contributed by atoms with Crippen LogP contribution in [0.1, 0.15) is 13.3 Å². The SMILES string of the molecule is CCC(CN)CN(C)c1cc(Br)ccc1F. The highest BCUT2D eigenvalue weighted by Gasteiger charge is 2.12. The topological polar surface area (TPSA) is 29.3 Å². The first-order valence-corrected chi connectivity index (χ1v) is 6.24. The highest BCUT2D eigenvalue weighted by atomic mass is 79.9. The summed E-state index contributed by atoms with van der Waals surface area (Å²) >= 11 is 3.35. The second kappa shape index (κ2) is 6.21. The van der Waals surface area contributed by atoms with E-state index in [2.05, 4.69) is 22.9 Å². The number of halogens is 2. The van der Waals surface area contributed by atoms with Crippen LogP contribution in [0.15, 0.2) is 22.7 Å². The Kier molecular flexibility index (Phi) is 5.22. The van der Waals surface area contributed by atoms with Gasteiger partial charge in [-0.25, -0.2) is 4.39 Å². The van der Waals surface area contributed by atoms with Gasteiger partial charge in [-0.05, 0) is 30.7 Å². The smallest absolute Gasteiger partial charge is 0.146 e. The number of nitrogens with two attached hydrogens (primary N) is 1. The second-order valence-electron chi connectivity index (χ2n) is 3.99. The third-order valence-corrected chi connectivity index (χ3v) is 3.26. The molecule has 2 nitrogen and oxygen atoms in total. The Morgan fingerprint density at radius 3 is 2.75 bits per heavy atom. The summed E-state index contributed by atoms with van der Waals surface area (Å²) in [6, 6.07) is 4.96. The molecule has 0 radical (unpaired) electrons. The molecule has 0 aliphatic carbocycles. The second-order valence-corrected chi connectivity index (χ2v) is 4.90. The summed E-state index contributed by atoms with van der Waals surface area (Å²) in [6.45, 7) is 3.51. The van der Waals surface area contributed by atoms with Crippen molar-refractivity contribution in [1.82, 2.24) is 0 Å². The van der Waals surface area contributed by atoms with Crippen molar-refractivity contribution in [2.75, 3.05) is 25.0 Å². The molecule has 0 aliphatic rings. The molecular weight excluding hydrogens is 271 g/mol. The Hall–Kier alpha value is -0.610. The summed E-state index contributed by atoms with van der Waals surface area (Å²) in [7, 11) is 1.89. The Morgan fingerprint density at radius 1 is 1.50 bits per heavy atom. The summed E-state index contributed by atoms with van der Waals surface area (Å²) < 4.78 is 14.5. The van der Waals surface area contributed by atoms with Crippen molar-refractivity contribution in [1.29, 1.82) is 0 Å². The summed E-state index contributed by atoms with van der Waals surface area (Å²) in [5.74, 6) is 0.209. The van der Waals surface area contributed by atoms with E-state index in [9.17, 15) is 4.39 Å². The zero-order chi connectivity index (χ0) is 12.1.